The summed E-state index contributed by atoms with van der Waals surface area (Å²) in [6.45, 7) is 3.65. The Morgan fingerprint density at radius 1 is 1.54 bits per heavy atom. The van der Waals surface area contributed by atoms with Gasteiger partial charge in [-0.2, -0.15) is 0 Å². The van der Waals surface area contributed by atoms with E-state index in [1.165, 1.54) is 0 Å². The van der Waals surface area contributed by atoms with Gasteiger partial charge in [-0.15, -0.1) is 0 Å². The number of rotatable bonds is 5. The molecule has 1 heterocycles. The van der Waals surface area contributed by atoms with E-state index in [1.54, 1.807) is 0 Å². The lowest BCUT2D eigenvalue weighted by atomic mass is 10.3. The Balaban J connectivity index is 2.54. The molecule has 0 aliphatic carbocycles. The van der Waals surface area contributed by atoms with Crippen molar-refractivity contribution < 1.29 is 0 Å². The smallest absolute Gasteiger partial charge is 0.108 e. The summed E-state index contributed by atoms with van der Waals surface area (Å²) < 4.78 is 2.15. The maximum Gasteiger partial charge on any atom is 0.108 e. The van der Waals surface area contributed by atoms with Crippen LogP contribution in [0, 0.1) is 0 Å². The molecular weight excluding hydrogens is 162 g/mol. The van der Waals surface area contributed by atoms with Crippen LogP contribution in [0.1, 0.15) is 19.2 Å². The molecule has 1 aromatic heterocycles. The van der Waals surface area contributed by atoms with Crippen LogP contribution in [0.4, 0.5) is 0 Å². The highest BCUT2D eigenvalue weighted by Gasteiger charge is 1.98. The number of hydrogen-bond donors (Lipinski definition) is 1. The van der Waals surface area contributed by atoms with Crippen LogP contribution >= 0.6 is 0 Å². The van der Waals surface area contributed by atoms with Gasteiger partial charge < -0.3 is 10.3 Å². The minimum atomic E-state index is 0.609. The summed E-state index contributed by atoms with van der Waals surface area (Å²) >= 11 is 0. The van der Waals surface area contributed by atoms with Crippen molar-refractivity contribution in [3.05, 3.63) is 30.4 Å². The molecule has 0 amide bonds. The third-order valence-electron chi connectivity index (χ3n) is 1.88. The molecule has 0 radical (unpaired) electrons. The molecule has 0 atom stereocenters. The van der Waals surface area contributed by atoms with Crippen molar-refractivity contribution in [3.8, 4) is 0 Å². The molecule has 0 spiro atoms. The third kappa shape index (κ3) is 3.03. The standard InChI is InChI=1S/C10H17N3/c1-2-5-10-12-7-9-13(10)8-4-3-6-11/h3-4,7,9H,2,5-6,8,11H2,1H3. The second-order valence-electron chi connectivity index (χ2n) is 2.95. The van der Waals surface area contributed by atoms with Gasteiger partial charge in [0, 0.05) is 31.9 Å². The van der Waals surface area contributed by atoms with Crippen molar-refractivity contribution in [2.24, 2.45) is 5.73 Å². The molecule has 0 saturated carbocycles. The van der Waals surface area contributed by atoms with Crippen molar-refractivity contribution in [1.82, 2.24) is 9.55 Å². The predicted molar refractivity (Wildman–Crippen MR) is 54.4 cm³/mol. The van der Waals surface area contributed by atoms with Gasteiger partial charge in [-0.25, -0.2) is 4.98 Å². The number of nitrogens with zero attached hydrogens (tertiary/aromatic N) is 2. The van der Waals surface area contributed by atoms with Crippen molar-refractivity contribution in [2.45, 2.75) is 26.3 Å². The number of imidazole rings is 1. The van der Waals surface area contributed by atoms with Crippen molar-refractivity contribution in [2.75, 3.05) is 6.54 Å². The molecule has 1 aromatic rings. The third-order valence-corrected chi connectivity index (χ3v) is 1.88. The van der Waals surface area contributed by atoms with E-state index in [4.69, 9.17) is 5.73 Å². The molecule has 0 unspecified atom stereocenters. The molecule has 13 heavy (non-hydrogen) atoms. The van der Waals surface area contributed by atoms with Crippen LogP contribution in [0.25, 0.3) is 0 Å². The van der Waals surface area contributed by atoms with Crippen LogP contribution in [0.15, 0.2) is 24.5 Å². The SMILES string of the molecule is CCCc1nccn1CC=CCN. The van der Waals surface area contributed by atoms with Crippen LogP contribution in [0.3, 0.4) is 0 Å². The van der Waals surface area contributed by atoms with Gasteiger partial charge in [0.25, 0.3) is 0 Å². The first-order valence-corrected chi connectivity index (χ1v) is 4.73. The second-order valence-corrected chi connectivity index (χ2v) is 2.95. The Labute approximate surface area is 79.3 Å². The fraction of sp³-hybridized carbons (Fsp3) is 0.500. The Hall–Kier alpha value is -1.09. The van der Waals surface area contributed by atoms with Gasteiger partial charge in [0.2, 0.25) is 0 Å². The fourth-order valence-corrected chi connectivity index (χ4v) is 1.24. The summed E-state index contributed by atoms with van der Waals surface area (Å²) in [4.78, 5) is 4.28. The molecule has 2 N–H and O–H groups in total. The second kappa shape index (κ2) is 5.54. The molecular formula is C10H17N3. The first-order chi connectivity index (χ1) is 6.38. The van der Waals surface area contributed by atoms with E-state index >= 15 is 0 Å². The van der Waals surface area contributed by atoms with Crippen LogP contribution in [0.5, 0.6) is 0 Å². The first-order valence-electron chi connectivity index (χ1n) is 4.73. The molecule has 0 aliphatic rings. The van der Waals surface area contributed by atoms with Crippen molar-refractivity contribution in [1.29, 1.82) is 0 Å². The maximum absolute atomic E-state index is 5.35. The van der Waals surface area contributed by atoms with E-state index in [2.05, 4.69) is 22.6 Å². The van der Waals surface area contributed by atoms with E-state index in [9.17, 15) is 0 Å². The lowest BCUT2D eigenvalue weighted by molar-refractivity contribution is 0.715. The molecule has 72 valence electrons. The normalized spacial score (nSPS) is 11.2. The number of aryl methyl sites for hydroxylation is 1. The summed E-state index contributed by atoms with van der Waals surface area (Å²) in [6, 6.07) is 0. The lowest BCUT2D eigenvalue weighted by Gasteiger charge is -2.02. The van der Waals surface area contributed by atoms with Gasteiger partial charge in [0.15, 0.2) is 0 Å². The van der Waals surface area contributed by atoms with Gasteiger partial charge in [0.05, 0.1) is 0 Å². The number of hydrogen-bond acceptors (Lipinski definition) is 2. The molecule has 0 aliphatic heterocycles. The van der Waals surface area contributed by atoms with Crippen molar-refractivity contribution >= 4 is 0 Å². The van der Waals surface area contributed by atoms with Crippen LogP contribution in [-0.2, 0) is 13.0 Å². The highest BCUT2D eigenvalue weighted by Crippen LogP contribution is 2.01. The molecule has 1 rings (SSSR count). The Morgan fingerprint density at radius 2 is 2.38 bits per heavy atom. The highest BCUT2D eigenvalue weighted by molar-refractivity contribution is 4.95. The zero-order chi connectivity index (χ0) is 9.52. The largest absolute Gasteiger partial charge is 0.331 e. The summed E-state index contributed by atoms with van der Waals surface area (Å²) in [6.07, 6.45) is 10.1. The van der Waals surface area contributed by atoms with Crippen LogP contribution in [0.2, 0.25) is 0 Å². The quantitative estimate of drug-likeness (QED) is 0.693. The van der Waals surface area contributed by atoms with Crippen LogP contribution in [-0.4, -0.2) is 16.1 Å². The zero-order valence-corrected chi connectivity index (χ0v) is 8.11. The monoisotopic (exact) mass is 179 g/mol. The average molecular weight is 179 g/mol. The molecule has 3 heteroatoms. The fourth-order valence-electron chi connectivity index (χ4n) is 1.24. The first kappa shape index (κ1) is 9.99. The Bertz CT molecular complexity index is 263. The van der Waals surface area contributed by atoms with Gasteiger partial charge in [-0.05, 0) is 6.42 Å². The van der Waals surface area contributed by atoms with Gasteiger partial charge in [0.1, 0.15) is 5.82 Å². The molecule has 0 aromatic carbocycles. The van der Waals surface area contributed by atoms with Gasteiger partial charge in [-0.3, -0.25) is 0 Å². The topological polar surface area (TPSA) is 43.8 Å². The number of aromatic nitrogens is 2. The highest BCUT2D eigenvalue weighted by atomic mass is 15.0. The lowest BCUT2D eigenvalue weighted by Crippen LogP contribution is -2.01. The maximum atomic E-state index is 5.35. The van der Waals surface area contributed by atoms with E-state index in [0.717, 1.165) is 25.2 Å². The van der Waals surface area contributed by atoms with E-state index in [0.29, 0.717) is 6.54 Å². The van der Waals surface area contributed by atoms with Crippen molar-refractivity contribution in [3.63, 3.8) is 0 Å². The molecule has 0 bridgehead atoms. The van der Waals surface area contributed by atoms with Gasteiger partial charge >= 0.3 is 0 Å². The van der Waals surface area contributed by atoms with E-state index in [-0.39, 0.29) is 0 Å². The average Bonchev–Trinajstić information content (AvgIpc) is 2.54. The van der Waals surface area contributed by atoms with Gasteiger partial charge in [-0.1, -0.05) is 19.1 Å². The van der Waals surface area contributed by atoms with E-state index < -0.39 is 0 Å². The molecule has 3 nitrogen and oxygen atoms in total. The minimum absolute atomic E-state index is 0.609. The number of nitrogens with two attached hydrogens (primary N) is 1. The number of allylic oxidation sites excluding steroid dienone is 1. The van der Waals surface area contributed by atoms with E-state index in [1.807, 2.05) is 18.5 Å². The predicted octanol–water partition coefficient (Wildman–Crippen LogP) is 1.35. The Morgan fingerprint density at radius 3 is 3.08 bits per heavy atom. The molecule has 0 saturated heterocycles. The Kier molecular flexibility index (Phi) is 4.26. The summed E-state index contributed by atoms with van der Waals surface area (Å²) in [7, 11) is 0. The summed E-state index contributed by atoms with van der Waals surface area (Å²) in [5, 5.41) is 0. The summed E-state index contributed by atoms with van der Waals surface area (Å²) in [5.41, 5.74) is 5.35. The zero-order valence-electron chi connectivity index (χ0n) is 8.11. The minimum Gasteiger partial charge on any atom is -0.331 e. The molecule has 0 fully saturated rings. The summed E-state index contributed by atoms with van der Waals surface area (Å²) in [5.74, 6) is 1.16. The van der Waals surface area contributed by atoms with Crippen LogP contribution < -0.4 is 5.73 Å².